The average molecular weight is 219 g/mol. The Morgan fingerprint density at radius 1 is 1.31 bits per heavy atom. The molecule has 2 nitrogen and oxygen atoms in total. The van der Waals surface area contributed by atoms with Gasteiger partial charge in [0.05, 0.1) is 12.2 Å². The van der Waals surface area contributed by atoms with Crippen LogP contribution in [-0.4, -0.2) is 19.7 Å². The molecule has 2 rings (SSSR count). The standard InChI is InChI=1S/C14H21NO/c1-5-15-8-9-16-13-7-6-11(10-12(13)15)14(2,3)4/h6-7,10H,5,8-9H2,1-4H3. The summed E-state index contributed by atoms with van der Waals surface area (Å²) in [5, 5.41) is 0. The van der Waals surface area contributed by atoms with Gasteiger partial charge in [-0.2, -0.15) is 0 Å². The van der Waals surface area contributed by atoms with Crippen molar-refractivity contribution in [2.75, 3.05) is 24.6 Å². The summed E-state index contributed by atoms with van der Waals surface area (Å²) in [7, 11) is 0. The Morgan fingerprint density at radius 2 is 2.06 bits per heavy atom. The molecule has 1 aromatic carbocycles. The first-order chi connectivity index (χ1) is 7.52. The number of anilines is 1. The highest BCUT2D eigenvalue weighted by atomic mass is 16.5. The van der Waals surface area contributed by atoms with Gasteiger partial charge in [0.25, 0.3) is 0 Å². The third-order valence-corrected chi connectivity index (χ3v) is 3.17. The Hall–Kier alpha value is -1.18. The van der Waals surface area contributed by atoms with Gasteiger partial charge in [-0.1, -0.05) is 26.8 Å². The number of fused-ring (bicyclic) bond motifs is 1. The lowest BCUT2D eigenvalue weighted by molar-refractivity contribution is 0.308. The second-order valence-corrected chi connectivity index (χ2v) is 5.36. The number of likely N-dealkylation sites (N-methyl/N-ethyl adjacent to an activating group) is 1. The predicted molar refractivity (Wildman–Crippen MR) is 68.5 cm³/mol. The lowest BCUT2D eigenvalue weighted by atomic mass is 9.86. The highest BCUT2D eigenvalue weighted by molar-refractivity contribution is 5.62. The van der Waals surface area contributed by atoms with Crippen LogP contribution in [0.5, 0.6) is 5.75 Å². The first-order valence-corrected chi connectivity index (χ1v) is 6.04. The first kappa shape index (κ1) is 11.3. The van der Waals surface area contributed by atoms with Crippen molar-refractivity contribution >= 4 is 5.69 Å². The predicted octanol–water partition coefficient (Wildman–Crippen LogP) is 3.20. The molecular weight excluding hydrogens is 198 g/mol. The van der Waals surface area contributed by atoms with Crippen molar-refractivity contribution < 1.29 is 4.74 Å². The molecule has 0 unspecified atom stereocenters. The fraction of sp³-hybridized carbons (Fsp3) is 0.571. The maximum atomic E-state index is 5.68. The Bertz CT molecular complexity index is 379. The van der Waals surface area contributed by atoms with Gasteiger partial charge >= 0.3 is 0 Å². The van der Waals surface area contributed by atoms with Gasteiger partial charge in [-0.15, -0.1) is 0 Å². The summed E-state index contributed by atoms with van der Waals surface area (Å²) in [5.41, 5.74) is 2.82. The second kappa shape index (κ2) is 4.00. The number of benzene rings is 1. The van der Waals surface area contributed by atoms with E-state index in [1.54, 1.807) is 0 Å². The van der Waals surface area contributed by atoms with E-state index in [9.17, 15) is 0 Å². The summed E-state index contributed by atoms with van der Waals surface area (Å²) < 4.78 is 5.68. The Morgan fingerprint density at radius 3 is 2.69 bits per heavy atom. The van der Waals surface area contributed by atoms with Crippen LogP contribution in [0.25, 0.3) is 0 Å². The molecule has 2 heteroatoms. The van der Waals surface area contributed by atoms with E-state index in [1.807, 2.05) is 0 Å². The maximum absolute atomic E-state index is 5.68. The molecule has 0 aromatic heterocycles. The Balaban J connectivity index is 2.43. The van der Waals surface area contributed by atoms with Crippen LogP contribution in [0.4, 0.5) is 5.69 Å². The average Bonchev–Trinajstić information content (AvgIpc) is 2.26. The van der Waals surface area contributed by atoms with Crippen LogP contribution in [-0.2, 0) is 5.41 Å². The van der Waals surface area contributed by atoms with Gasteiger partial charge in [-0.05, 0) is 30.0 Å². The molecule has 0 radical (unpaired) electrons. The summed E-state index contributed by atoms with van der Waals surface area (Å²) in [6.07, 6.45) is 0. The number of ether oxygens (including phenoxy) is 1. The van der Waals surface area contributed by atoms with Crippen LogP contribution < -0.4 is 9.64 Å². The third-order valence-electron chi connectivity index (χ3n) is 3.17. The zero-order valence-corrected chi connectivity index (χ0v) is 10.7. The molecule has 0 N–H and O–H groups in total. The normalized spacial score (nSPS) is 15.6. The number of hydrogen-bond acceptors (Lipinski definition) is 2. The van der Waals surface area contributed by atoms with Gasteiger partial charge in [0.1, 0.15) is 12.4 Å². The summed E-state index contributed by atoms with van der Waals surface area (Å²) in [6.45, 7) is 11.8. The van der Waals surface area contributed by atoms with E-state index in [0.717, 1.165) is 25.4 Å². The SMILES string of the molecule is CCN1CCOc2ccc(C(C)(C)C)cc21. The summed E-state index contributed by atoms with van der Waals surface area (Å²) >= 11 is 0. The van der Waals surface area contributed by atoms with E-state index in [1.165, 1.54) is 11.3 Å². The van der Waals surface area contributed by atoms with Gasteiger partial charge in [0.15, 0.2) is 0 Å². The first-order valence-electron chi connectivity index (χ1n) is 6.04. The third kappa shape index (κ3) is 2.01. The van der Waals surface area contributed by atoms with Crippen LogP contribution in [0, 0.1) is 0 Å². The van der Waals surface area contributed by atoms with Crippen molar-refractivity contribution in [3.8, 4) is 5.75 Å². The fourth-order valence-electron chi connectivity index (χ4n) is 2.07. The van der Waals surface area contributed by atoms with E-state index in [4.69, 9.17) is 4.74 Å². The number of rotatable bonds is 1. The van der Waals surface area contributed by atoms with Crippen LogP contribution in [0.15, 0.2) is 18.2 Å². The lowest BCUT2D eigenvalue weighted by Gasteiger charge is -2.32. The Kier molecular flexibility index (Phi) is 2.83. The topological polar surface area (TPSA) is 12.5 Å². The molecule has 1 aromatic rings. The van der Waals surface area contributed by atoms with E-state index in [0.29, 0.717) is 0 Å². The summed E-state index contributed by atoms with van der Waals surface area (Å²) in [6, 6.07) is 6.56. The van der Waals surface area contributed by atoms with Gasteiger partial charge in [-0.3, -0.25) is 0 Å². The molecule has 0 aliphatic carbocycles. The highest BCUT2D eigenvalue weighted by Crippen LogP contribution is 2.35. The van der Waals surface area contributed by atoms with Crippen LogP contribution >= 0.6 is 0 Å². The van der Waals surface area contributed by atoms with Gasteiger partial charge in [0.2, 0.25) is 0 Å². The molecule has 0 fully saturated rings. The van der Waals surface area contributed by atoms with Gasteiger partial charge < -0.3 is 9.64 Å². The highest BCUT2D eigenvalue weighted by Gasteiger charge is 2.20. The van der Waals surface area contributed by atoms with Gasteiger partial charge in [-0.25, -0.2) is 0 Å². The summed E-state index contributed by atoms with van der Waals surface area (Å²) in [5.74, 6) is 1.03. The molecule has 0 saturated carbocycles. The van der Waals surface area contributed by atoms with Crippen LogP contribution in [0.2, 0.25) is 0 Å². The van der Waals surface area contributed by atoms with Gasteiger partial charge in [0, 0.05) is 6.54 Å². The van der Waals surface area contributed by atoms with Crippen molar-refractivity contribution in [2.45, 2.75) is 33.1 Å². The molecule has 88 valence electrons. The zero-order chi connectivity index (χ0) is 11.8. The minimum absolute atomic E-state index is 0.200. The molecule has 0 bridgehead atoms. The van der Waals surface area contributed by atoms with E-state index < -0.39 is 0 Å². The van der Waals surface area contributed by atoms with Crippen molar-refractivity contribution in [2.24, 2.45) is 0 Å². The second-order valence-electron chi connectivity index (χ2n) is 5.36. The molecule has 0 saturated heterocycles. The molecular formula is C14H21NO. The largest absolute Gasteiger partial charge is 0.490 e. The van der Waals surface area contributed by atoms with E-state index in [-0.39, 0.29) is 5.41 Å². The monoisotopic (exact) mass is 219 g/mol. The molecule has 0 atom stereocenters. The van der Waals surface area contributed by atoms with Crippen LogP contribution in [0.1, 0.15) is 33.3 Å². The Labute approximate surface area is 98.2 Å². The fourth-order valence-corrected chi connectivity index (χ4v) is 2.07. The summed E-state index contributed by atoms with van der Waals surface area (Å²) in [4.78, 5) is 2.38. The molecule has 1 aliphatic heterocycles. The number of nitrogens with zero attached hydrogens (tertiary/aromatic N) is 1. The van der Waals surface area contributed by atoms with Crippen molar-refractivity contribution in [3.05, 3.63) is 23.8 Å². The van der Waals surface area contributed by atoms with Crippen molar-refractivity contribution in [1.29, 1.82) is 0 Å². The maximum Gasteiger partial charge on any atom is 0.142 e. The minimum Gasteiger partial charge on any atom is -0.490 e. The molecule has 1 heterocycles. The van der Waals surface area contributed by atoms with Crippen LogP contribution in [0.3, 0.4) is 0 Å². The number of hydrogen-bond donors (Lipinski definition) is 0. The van der Waals surface area contributed by atoms with E-state index in [2.05, 4.69) is 50.8 Å². The van der Waals surface area contributed by atoms with Crippen molar-refractivity contribution in [3.63, 3.8) is 0 Å². The van der Waals surface area contributed by atoms with E-state index >= 15 is 0 Å². The van der Waals surface area contributed by atoms with Crippen molar-refractivity contribution in [1.82, 2.24) is 0 Å². The quantitative estimate of drug-likeness (QED) is 0.719. The molecule has 0 amide bonds. The molecule has 16 heavy (non-hydrogen) atoms. The minimum atomic E-state index is 0.200. The lowest BCUT2D eigenvalue weighted by Crippen LogP contribution is -2.32. The molecule has 0 spiro atoms. The molecule has 1 aliphatic rings. The smallest absolute Gasteiger partial charge is 0.142 e. The zero-order valence-electron chi connectivity index (χ0n) is 10.7.